The number of carbonyl (C=O) groups is 6. The number of benzene rings is 2. The van der Waals surface area contributed by atoms with Crippen molar-refractivity contribution in [1.29, 1.82) is 5.41 Å². The van der Waals surface area contributed by atoms with Crippen molar-refractivity contribution < 1.29 is 52.5 Å². The Hall–Kier alpha value is -6.78. The van der Waals surface area contributed by atoms with Gasteiger partial charge < -0.3 is 39.6 Å². The molecule has 3 aromatic rings. The van der Waals surface area contributed by atoms with Crippen molar-refractivity contribution in [3.8, 4) is 16.9 Å². The molecule has 314 valence electrons. The number of amidine groups is 1. The number of pyridine rings is 1. The fraction of sp³-hybridized carbons (Fsp3) is 0.381. The number of alkyl carbamates (subject to hydrolysis) is 2. The molecule has 4 rings (SSSR count). The van der Waals surface area contributed by atoms with E-state index in [9.17, 15) is 28.8 Å². The summed E-state index contributed by atoms with van der Waals surface area (Å²) >= 11 is 0. The fourth-order valence-corrected chi connectivity index (χ4v) is 5.44. The number of esters is 2. The summed E-state index contributed by atoms with van der Waals surface area (Å²) in [6, 6.07) is 10.8. The predicted octanol–water partition coefficient (Wildman–Crippen LogP) is 6.07. The Labute approximate surface area is 342 Å². The summed E-state index contributed by atoms with van der Waals surface area (Å²) < 4.78 is 26.3. The van der Waals surface area contributed by atoms with Gasteiger partial charge >= 0.3 is 24.1 Å². The van der Waals surface area contributed by atoms with Gasteiger partial charge in [-0.2, -0.15) is 0 Å². The summed E-state index contributed by atoms with van der Waals surface area (Å²) in [6.45, 7) is 13.5. The lowest BCUT2D eigenvalue weighted by Crippen LogP contribution is -2.47. The highest BCUT2D eigenvalue weighted by molar-refractivity contribution is 6.11. The first-order valence-electron chi connectivity index (χ1n) is 18.9. The third-order valence-electron chi connectivity index (χ3n) is 8.61. The van der Waals surface area contributed by atoms with Gasteiger partial charge in [0.1, 0.15) is 28.9 Å². The molecule has 2 aromatic carbocycles. The van der Waals surface area contributed by atoms with Gasteiger partial charge in [0.25, 0.3) is 11.8 Å². The average Bonchev–Trinajstić information content (AvgIpc) is 4.02. The maximum absolute atomic E-state index is 14.0. The van der Waals surface area contributed by atoms with Gasteiger partial charge in [-0.25, -0.2) is 24.2 Å². The molecule has 17 heteroatoms. The van der Waals surface area contributed by atoms with Crippen molar-refractivity contribution in [1.82, 2.24) is 20.9 Å². The summed E-state index contributed by atoms with van der Waals surface area (Å²) in [6.07, 6.45) is 1.84. The number of carbonyl (C=O) groups excluding carboxylic acids is 6. The first-order chi connectivity index (χ1) is 27.9. The van der Waals surface area contributed by atoms with Gasteiger partial charge in [-0.15, -0.1) is 0 Å². The zero-order valence-corrected chi connectivity index (χ0v) is 34.1. The zero-order valence-electron chi connectivity index (χ0n) is 34.1. The van der Waals surface area contributed by atoms with Crippen LogP contribution in [-0.2, 0) is 23.7 Å². The predicted molar refractivity (Wildman–Crippen MR) is 217 cm³/mol. The summed E-state index contributed by atoms with van der Waals surface area (Å²) in [5.74, 6) is -3.15. The van der Waals surface area contributed by atoms with Gasteiger partial charge in [0, 0.05) is 40.0 Å². The molecule has 1 aliphatic rings. The zero-order chi connectivity index (χ0) is 43.4. The standard InChI is InChI=1S/C42H50N6O11/c1-9-25-19-30(36(49)45-27-15-13-26(14-16-27)35(43)48-40(53)56-10-2)29(20-32(25)55-8)28-17-18-31(37(50)44-21-24-11-12-24)46-34(28)39(52)58-22-57-38(51)33(23(3)4)47-41(54)59-42(5,6)7/h9,13-20,23-24,33H,1,10-12,21-22H2,2-8H3,(H,44,50)(H,45,49)(H,47,54)(H2,43,48,53)/t33-/m0/s1. The molecule has 1 aliphatic carbocycles. The summed E-state index contributed by atoms with van der Waals surface area (Å²) in [5.41, 5.74) is 0.0683. The van der Waals surface area contributed by atoms with E-state index in [1.54, 1.807) is 41.5 Å². The minimum atomic E-state index is -1.14. The molecule has 59 heavy (non-hydrogen) atoms. The molecule has 1 fully saturated rings. The molecule has 0 bridgehead atoms. The lowest BCUT2D eigenvalue weighted by molar-refractivity contribution is -0.156. The monoisotopic (exact) mass is 814 g/mol. The van der Waals surface area contributed by atoms with Gasteiger partial charge in [0.15, 0.2) is 5.69 Å². The maximum Gasteiger partial charge on any atom is 0.412 e. The highest BCUT2D eigenvalue weighted by atomic mass is 16.7. The molecule has 17 nitrogen and oxygen atoms in total. The van der Waals surface area contributed by atoms with Crippen LogP contribution in [0.5, 0.6) is 5.75 Å². The number of ether oxygens (including phenoxy) is 5. The van der Waals surface area contributed by atoms with Crippen molar-refractivity contribution in [3.05, 3.63) is 83.2 Å². The van der Waals surface area contributed by atoms with Crippen LogP contribution in [-0.4, -0.2) is 85.5 Å². The van der Waals surface area contributed by atoms with E-state index in [1.807, 2.05) is 0 Å². The molecule has 0 unspecified atom stereocenters. The topological polar surface area (TPSA) is 233 Å². The SMILES string of the molecule is C=Cc1cc(C(=O)Nc2ccc(C(=N)NC(=O)OCC)cc2)c(-c2ccc(C(=O)NCC3CC3)nc2C(=O)OCOC(=O)[C@@H](NC(=O)OC(C)(C)C)C(C)C)cc1OC. The van der Waals surface area contributed by atoms with Crippen LogP contribution in [0.4, 0.5) is 15.3 Å². The van der Waals surface area contributed by atoms with Crippen LogP contribution in [0.2, 0.25) is 0 Å². The number of nitrogens with zero attached hydrogens (tertiary/aromatic N) is 1. The summed E-state index contributed by atoms with van der Waals surface area (Å²) in [5, 5.41) is 18.5. The molecule has 1 saturated carbocycles. The Morgan fingerprint density at radius 1 is 0.932 bits per heavy atom. The van der Waals surface area contributed by atoms with Crippen LogP contribution in [0.1, 0.15) is 96.8 Å². The molecule has 1 heterocycles. The molecule has 0 spiro atoms. The molecule has 1 atom stereocenters. The molecule has 4 amide bonds. The number of anilines is 1. The van der Waals surface area contributed by atoms with E-state index in [0.29, 0.717) is 35.0 Å². The third-order valence-corrected chi connectivity index (χ3v) is 8.61. The number of amides is 4. The van der Waals surface area contributed by atoms with Gasteiger partial charge in [-0.3, -0.25) is 20.3 Å². The Balaban J connectivity index is 1.66. The largest absolute Gasteiger partial charge is 0.496 e. The normalized spacial score (nSPS) is 12.6. The fourth-order valence-electron chi connectivity index (χ4n) is 5.44. The van der Waals surface area contributed by atoms with Crippen molar-refractivity contribution in [3.63, 3.8) is 0 Å². The number of nitrogens with one attached hydrogen (secondary N) is 5. The quantitative estimate of drug-likeness (QED) is 0.0365. The minimum absolute atomic E-state index is 0.0442. The van der Waals surface area contributed by atoms with E-state index in [-0.39, 0.29) is 40.5 Å². The molecular formula is C42H50N6O11. The van der Waals surface area contributed by atoms with Crippen molar-refractivity contribution in [2.75, 3.05) is 32.4 Å². The lowest BCUT2D eigenvalue weighted by atomic mass is 9.94. The minimum Gasteiger partial charge on any atom is -0.496 e. The Morgan fingerprint density at radius 3 is 2.22 bits per heavy atom. The molecule has 0 aliphatic heterocycles. The summed E-state index contributed by atoms with van der Waals surface area (Å²) in [4.78, 5) is 82.6. The molecular weight excluding hydrogens is 764 g/mol. The lowest BCUT2D eigenvalue weighted by Gasteiger charge is -2.24. The van der Waals surface area contributed by atoms with Crippen LogP contribution in [0.15, 0.2) is 55.1 Å². The van der Waals surface area contributed by atoms with Crippen molar-refractivity contribution in [2.24, 2.45) is 11.8 Å². The third kappa shape index (κ3) is 12.9. The van der Waals surface area contributed by atoms with Gasteiger partial charge in [-0.05, 0) is 101 Å². The number of hydrogen-bond acceptors (Lipinski definition) is 13. The number of aromatic nitrogens is 1. The Kier molecular flexibility index (Phi) is 15.3. The highest BCUT2D eigenvalue weighted by Crippen LogP contribution is 2.35. The van der Waals surface area contributed by atoms with E-state index < -0.39 is 60.3 Å². The van der Waals surface area contributed by atoms with Gasteiger partial charge in [0.2, 0.25) is 6.79 Å². The van der Waals surface area contributed by atoms with E-state index in [0.717, 1.165) is 12.8 Å². The maximum atomic E-state index is 14.0. The molecule has 0 radical (unpaired) electrons. The average molecular weight is 815 g/mol. The molecule has 0 saturated heterocycles. The van der Waals surface area contributed by atoms with Crippen LogP contribution in [0.25, 0.3) is 17.2 Å². The Bertz CT molecular complexity index is 2090. The second kappa shape index (κ2) is 20.1. The number of hydrogen-bond donors (Lipinski definition) is 5. The van der Waals surface area contributed by atoms with E-state index >= 15 is 0 Å². The number of methoxy groups -OCH3 is 1. The van der Waals surface area contributed by atoms with Crippen molar-refractivity contribution >= 4 is 53.5 Å². The van der Waals surface area contributed by atoms with Crippen LogP contribution in [0.3, 0.4) is 0 Å². The smallest absolute Gasteiger partial charge is 0.412 e. The van der Waals surface area contributed by atoms with Crippen molar-refractivity contribution in [2.45, 2.75) is 66.0 Å². The van der Waals surface area contributed by atoms with Crippen LogP contribution >= 0.6 is 0 Å². The number of rotatable bonds is 16. The van der Waals surface area contributed by atoms with E-state index in [2.05, 4.69) is 32.8 Å². The van der Waals surface area contributed by atoms with E-state index in [1.165, 1.54) is 61.7 Å². The Morgan fingerprint density at radius 2 is 1.63 bits per heavy atom. The second-order valence-corrected chi connectivity index (χ2v) is 14.7. The second-order valence-electron chi connectivity index (χ2n) is 14.7. The van der Waals surface area contributed by atoms with Crippen LogP contribution < -0.4 is 26.0 Å². The first kappa shape index (κ1) is 44.9. The van der Waals surface area contributed by atoms with Crippen LogP contribution in [0, 0.1) is 17.2 Å². The van der Waals surface area contributed by atoms with Gasteiger partial charge in [0.05, 0.1) is 13.7 Å². The molecule has 5 N–H and O–H groups in total. The van der Waals surface area contributed by atoms with Gasteiger partial charge in [-0.1, -0.05) is 26.5 Å². The van der Waals surface area contributed by atoms with E-state index in [4.69, 9.17) is 29.1 Å². The highest BCUT2D eigenvalue weighted by Gasteiger charge is 2.30. The first-order valence-corrected chi connectivity index (χ1v) is 18.9. The molecule has 1 aromatic heterocycles. The summed E-state index contributed by atoms with van der Waals surface area (Å²) in [7, 11) is 1.42.